The second-order valence-electron chi connectivity index (χ2n) is 6.25. The van der Waals surface area contributed by atoms with Gasteiger partial charge in [-0.3, -0.25) is 28.8 Å². The molecule has 4 unspecified atom stereocenters. The van der Waals surface area contributed by atoms with Crippen molar-refractivity contribution in [3.63, 3.8) is 0 Å². The maximum atomic E-state index is 12.3. The average Bonchev–Trinajstić information content (AvgIpc) is 2.62. The molecule has 0 aliphatic heterocycles. The highest BCUT2D eigenvalue weighted by atomic mass is 16.4. The number of primary amides is 2. The topological polar surface area (TPSA) is 294 Å². The first-order valence-corrected chi connectivity index (χ1v) is 8.57. The number of aliphatic hydroxyl groups excluding tert-OH is 1. The molecule has 0 bridgehead atoms. The van der Waals surface area contributed by atoms with Gasteiger partial charge in [0, 0.05) is 0 Å². The highest BCUT2D eigenvalue weighted by molar-refractivity contribution is 5.96. The first-order valence-electron chi connectivity index (χ1n) is 8.57. The van der Waals surface area contributed by atoms with E-state index in [-0.39, 0.29) is 0 Å². The van der Waals surface area contributed by atoms with Crippen molar-refractivity contribution in [3.8, 4) is 0 Å². The summed E-state index contributed by atoms with van der Waals surface area (Å²) in [5.41, 5.74) is 15.2. The van der Waals surface area contributed by atoms with E-state index in [1.807, 2.05) is 16.0 Å². The van der Waals surface area contributed by atoms with Gasteiger partial charge >= 0.3 is 11.9 Å². The number of carboxylic acid groups (broad SMARTS) is 2. The van der Waals surface area contributed by atoms with E-state index in [2.05, 4.69) is 0 Å². The van der Waals surface area contributed by atoms with Crippen LogP contribution in [0.1, 0.15) is 19.3 Å². The molecular weight excluding hydrogens is 424 g/mol. The summed E-state index contributed by atoms with van der Waals surface area (Å²) in [5.74, 6) is -8.72. The molecule has 0 aromatic rings. The minimum Gasteiger partial charge on any atom is -0.481 e. The molecule has 0 rings (SSSR count). The zero-order valence-corrected chi connectivity index (χ0v) is 16.1. The quantitative estimate of drug-likeness (QED) is 0.120. The lowest BCUT2D eigenvalue weighted by molar-refractivity contribution is -0.145. The zero-order valence-electron chi connectivity index (χ0n) is 16.1. The summed E-state index contributed by atoms with van der Waals surface area (Å²) >= 11 is 0. The summed E-state index contributed by atoms with van der Waals surface area (Å²) in [6.07, 6.45) is -2.37. The Morgan fingerprint density at radius 2 is 1.13 bits per heavy atom. The van der Waals surface area contributed by atoms with E-state index in [1.165, 1.54) is 0 Å². The third kappa shape index (κ3) is 10.5. The molecule has 0 aliphatic carbocycles. The van der Waals surface area contributed by atoms with Crippen LogP contribution in [0.4, 0.5) is 0 Å². The van der Waals surface area contributed by atoms with Gasteiger partial charge in [-0.2, -0.15) is 0 Å². The number of aliphatic hydroxyl groups is 1. The van der Waals surface area contributed by atoms with Gasteiger partial charge in [-0.1, -0.05) is 0 Å². The highest BCUT2D eigenvalue weighted by Gasteiger charge is 2.32. The van der Waals surface area contributed by atoms with Gasteiger partial charge in [-0.05, 0) is 0 Å². The first-order chi connectivity index (χ1) is 14.3. The Balaban J connectivity index is 5.32. The van der Waals surface area contributed by atoms with E-state index < -0.39 is 91.5 Å². The maximum Gasteiger partial charge on any atom is 0.326 e. The molecule has 0 radical (unpaired) electrons. The summed E-state index contributed by atoms with van der Waals surface area (Å²) in [5, 5.41) is 33.0. The Hall–Kier alpha value is -3.79. The SMILES string of the molecule is NC(=O)CC(N)C(=O)NC(CO)C(=O)NC(CC(=O)O)C(=O)NC(CC(N)=O)C(=O)O. The number of carbonyl (C=O) groups is 7. The molecular formula is C15H24N6O10. The normalized spacial score (nSPS) is 14.3. The fourth-order valence-electron chi connectivity index (χ4n) is 2.11. The predicted molar refractivity (Wildman–Crippen MR) is 98.4 cm³/mol. The molecule has 5 amide bonds. The Kier molecular flexibility index (Phi) is 11.2. The van der Waals surface area contributed by atoms with Gasteiger partial charge in [0.2, 0.25) is 29.5 Å². The maximum absolute atomic E-state index is 12.3. The number of nitrogens with one attached hydrogen (secondary N) is 3. The van der Waals surface area contributed by atoms with E-state index in [4.69, 9.17) is 27.4 Å². The second-order valence-corrected chi connectivity index (χ2v) is 6.25. The van der Waals surface area contributed by atoms with Crippen LogP contribution >= 0.6 is 0 Å². The smallest absolute Gasteiger partial charge is 0.326 e. The molecule has 0 aromatic heterocycles. The Morgan fingerprint density at radius 3 is 1.55 bits per heavy atom. The first kappa shape index (κ1) is 27.2. The molecule has 0 saturated carbocycles. The number of nitrogens with two attached hydrogens (primary N) is 3. The van der Waals surface area contributed by atoms with Gasteiger partial charge in [0.1, 0.15) is 18.1 Å². The van der Waals surface area contributed by atoms with Gasteiger partial charge in [0.05, 0.1) is 31.9 Å². The zero-order chi connectivity index (χ0) is 24.3. The van der Waals surface area contributed by atoms with E-state index >= 15 is 0 Å². The van der Waals surface area contributed by atoms with Gasteiger partial charge in [-0.25, -0.2) is 4.79 Å². The van der Waals surface area contributed by atoms with Crippen molar-refractivity contribution >= 4 is 41.5 Å². The minimum absolute atomic E-state index is 0.563. The molecule has 16 heteroatoms. The van der Waals surface area contributed by atoms with Crippen LogP contribution in [-0.2, 0) is 33.6 Å². The summed E-state index contributed by atoms with van der Waals surface area (Å²) in [6.45, 7) is -0.998. The van der Waals surface area contributed by atoms with Crippen molar-refractivity contribution in [2.24, 2.45) is 17.2 Å². The summed E-state index contributed by atoms with van der Waals surface area (Å²) in [7, 11) is 0. The van der Waals surface area contributed by atoms with Crippen molar-refractivity contribution in [2.75, 3.05) is 6.61 Å². The number of aliphatic carboxylic acids is 2. The molecule has 31 heavy (non-hydrogen) atoms. The number of hydrogen-bond acceptors (Lipinski definition) is 9. The van der Waals surface area contributed by atoms with Crippen LogP contribution in [0.3, 0.4) is 0 Å². The molecule has 12 N–H and O–H groups in total. The van der Waals surface area contributed by atoms with E-state index in [0.717, 1.165) is 0 Å². The van der Waals surface area contributed by atoms with Gasteiger partial charge in [0.25, 0.3) is 0 Å². The number of rotatable bonds is 14. The van der Waals surface area contributed by atoms with E-state index in [9.17, 15) is 38.7 Å². The van der Waals surface area contributed by atoms with E-state index in [0.29, 0.717) is 0 Å². The fraction of sp³-hybridized carbons (Fsp3) is 0.533. The highest BCUT2D eigenvalue weighted by Crippen LogP contribution is 2.00. The molecule has 0 heterocycles. The Bertz CT molecular complexity index is 742. The standard InChI is InChI=1S/C15H24N6O10/c16-5(1-9(17)23)12(27)21-8(4-22)14(29)19-6(3-11(25)26)13(28)20-7(15(30)31)2-10(18)24/h5-8,22H,1-4,16H2,(H2,17,23)(H2,18,24)(H,19,29)(H,20,28)(H,21,27)(H,25,26)(H,30,31). The number of hydrogen-bond donors (Lipinski definition) is 9. The van der Waals surface area contributed by atoms with Crippen LogP contribution in [0.15, 0.2) is 0 Å². The number of carboxylic acids is 2. The van der Waals surface area contributed by atoms with Crippen LogP contribution in [-0.4, -0.2) is 87.6 Å². The van der Waals surface area contributed by atoms with Crippen LogP contribution in [0.25, 0.3) is 0 Å². The molecule has 0 aromatic carbocycles. The molecule has 0 aliphatic rings. The number of carbonyl (C=O) groups excluding carboxylic acids is 5. The monoisotopic (exact) mass is 448 g/mol. The van der Waals surface area contributed by atoms with Crippen LogP contribution in [0.5, 0.6) is 0 Å². The predicted octanol–water partition coefficient (Wildman–Crippen LogP) is -5.93. The van der Waals surface area contributed by atoms with Gasteiger partial charge < -0.3 is 48.5 Å². The van der Waals surface area contributed by atoms with Crippen LogP contribution < -0.4 is 33.2 Å². The van der Waals surface area contributed by atoms with Crippen molar-refractivity contribution in [1.82, 2.24) is 16.0 Å². The van der Waals surface area contributed by atoms with Crippen LogP contribution in [0, 0.1) is 0 Å². The molecule has 0 saturated heterocycles. The van der Waals surface area contributed by atoms with Crippen LogP contribution in [0.2, 0.25) is 0 Å². The molecule has 16 nitrogen and oxygen atoms in total. The van der Waals surface area contributed by atoms with Crippen molar-refractivity contribution < 1.29 is 48.9 Å². The second kappa shape index (κ2) is 12.7. The van der Waals surface area contributed by atoms with Crippen molar-refractivity contribution in [2.45, 2.75) is 43.4 Å². The summed E-state index contributed by atoms with van der Waals surface area (Å²) < 4.78 is 0. The summed E-state index contributed by atoms with van der Waals surface area (Å²) in [4.78, 5) is 80.2. The third-order valence-corrected chi connectivity index (χ3v) is 3.61. The Labute approximate surface area is 174 Å². The lowest BCUT2D eigenvalue weighted by Gasteiger charge is -2.23. The molecule has 174 valence electrons. The largest absolute Gasteiger partial charge is 0.481 e. The lowest BCUT2D eigenvalue weighted by Crippen LogP contribution is -2.58. The van der Waals surface area contributed by atoms with Gasteiger partial charge in [0.15, 0.2) is 0 Å². The third-order valence-electron chi connectivity index (χ3n) is 3.61. The van der Waals surface area contributed by atoms with Crippen molar-refractivity contribution in [3.05, 3.63) is 0 Å². The van der Waals surface area contributed by atoms with Gasteiger partial charge in [-0.15, -0.1) is 0 Å². The molecule has 0 fully saturated rings. The molecule has 0 spiro atoms. The average molecular weight is 448 g/mol. The lowest BCUT2D eigenvalue weighted by atomic mass is 10.1. The number of amides is 5. The van der Waals surface area contributed by atoms with E-state index in [1.54, 1.807) is 0 Å². The summed E-state index contributed by atoms with van der Waals surface area (Å²) in [6, 6.07) is -6.78. The molecule has 4 atom stereocenters. The Morgan fingerprint density at radius 1 is 0.677 bits per heavy atom. The minimum atomic E-state index is -1.84. The fourth-order valence-corrected chi connectivity index (χ4v) is 2.11. The van der Waals surface area contributed by atoms with Crippen molar-refractivity contribution in [1.29, 1.82) is 0 Å².